The highest BCUT2D eigenvalue weighted by atomic mass is 19.2. The van der Waals surface area contributed by atoms with E-state index in [1.165, 1.54) is 0 Å². The number of carbonyl (C=O) groups excluding carboxylic acids is 2. The molecule has 0 radical (unpaired) electrons. The van der Waals surface area contributed by atoms with E-state index in [1.807, 2.05) is 13.8 Å². The van der Waals surface area contributed by atoms with Gasteiger partial charge >= 0.3 is 0 Å². The van der Waals surface area contributed by atoms with Crippen LogP contribution in [0.2, 0.25) is 0 Å². The van der Waals surface area contributed by atoms with E-state index in [4.69, 9.17) is 4.74 Å². The topological polar surface area (TPSA) is 67.7 Å². The van der Waals surface area contributed by atoms with E-state index < -0.39 is 17.5 Å². The lowest BCUT2D eigenvalue weighted by Crippen LogP contribution is -2.48. The molecule has 1 aliphatic carbocycles. The first-order valence-corrected chi connectivity index (χ1v) is 12.7. The molecular formula is C26H31F3N4O3. The Bertz CT molecular complexity index is 1170. The van der Waals surface area contributed by atoms with Crippen LogP contribution >= 0.6 is 0 Å². The maximum atomic E-state index is 14.2. The van der Waals surface area contributed by atoms with Gasteiger partial charge in [-0.15, -0.1) is 0 Å². The molecule has 2 aromatic rings. The van der Waals surface area contributed by atoms with Gasteiger partial charge in [0.15, 0.2) is 17.3 Å². The maximum Gasteiger partial charge on any atom is 0.274 e. The van der Waals surface area contributed by atoms with Crippen molar-refractivity contribution in [3.63, 3.8) is 0 Å². The molecule has 0 spiro atoms. The molecule has 7 nitrogen and oxygen atoms in total. The molecule has 0 saturated carbocycles. The third kappa shape index (κ3) is 4.75. The Hall–Kier alpha value is -2.88. The summed E-state index contributed by atoms with van der Waals surface area (Å²) in [6.45, 7) is 5.73. The summed E-state index contributed by atoms with van der Waals surface area (Å²) in [6, 6.07) is 1.51. The summed E-state index contributed by atoms with van der Waals surface area (Å²) in [5, 5.41) is 4.59. The van der Waals surface area contributed by atoms with Gasteiger partial charge in [0.05, 0.1) is 12.2 Å². The van der Waals surface area contributed by atoms with Crippen molar-refractivity contribution in [2.24, 2.45) is 0 Å². The van der Waals surface area contributed by atoms with Crippen LogP contribution in [-0.2, 0) is 28.9 Å². The summed E-state index contributed by atoms with van der Waals surface area (Å²) >= 11 is 0. The average Bonchev–Trinajstić information content (AvgIpc) is 3.44. The number of piperidine rings is 1. The first-order valence-electron chi connectivity index (χ1n) is 12.7. The molecule has 5 rings (SSSR count). The minimum absolute atomic E-state index is 0.0374. The van der Waals surface area contributed by atoms with Crippen molar-refractivity contribution in [2.45, 2.75) is 70.6 Å². The molecule has 1 aromatic carbocycles. The Kier molecular flexibility index (Phi) is 6.80. The van der Waals surface area contributed by atoms with Gasteiger partial charge < -0.3 is 14.5 Å². The van der Waals surface area contributed by atoms with Crippen LogP contribution in [0.25, 0.3) is 0 Å². The third-order valence-electron chi connectivity index (χ3n) is 7.53. The summed E-state index contributed by atoms with van der Waals surface area (Å²) in [7, 11) is 0. The van der Waals surface area contributed by atoms with Crippen molar-refractivity contribution in [1.82, 2.24) is 19.6 Å². The lowest BCUT2D eigenvalue weighted by atomic mass is 9.89. The van der Waals surface area contributed by atoms with Crippen LogP contribution in [0.5, 0.6) is 0 Å². The largest absolute Gasteiger partial charge is 0.372 e. The van der Waals surface area contributed by atoms with Crippen LogP contribution < -0.4 is 0 Å². The number of hydrogen-bond acceptors (Lipinski definition) is 4. The second-order valence-electron chi connectivity index (χ2n) is 10.2. The molecule has 3 heterocycles. The molecule has 36 heavy (non-hydrogen) atoms. The van der Waals surface area contributed by atoms with Crippen LogP contribution in [0, 0.1) is 17.5 Å². The van der Waals surface area contributed by atoms with Crippen molar-refractivity contribution < 1.29 is 27.5 Å². The van der Waals surface area contributed by atoms with E-state index in [0.29, 0.717) is 50.8 Å². The first-order chi connectivity index (χ1) is 17.2. The van der Waals surface area contributed by atoms with Crippen molar-refractivity contribution >= 4 is 11.8 Å². The molecule has 194 valence electrons. The normalized spacial score (nSPS) is 22.7. The summed E-state index contributed by atoms with van der Waals surface area (Å²) in [6.07, 6.45) is 3.29. The van der Waals surface area contributed by atoms with Crippen LogP contribution in [0.4, 0.5) is 13.2 Å². The van der Waals surface area contributed by atoms with Gasteiger partial charge in [0.25, 0.3) is 5.91 Å². The predicted octanol–water partition coefficient (Wildman–Crippen LogP) is 3.44. The standard InChI is InChI=1S/C26H31F3N4O3/c1-15-12-32(13-16(2)36-15)26(35)25-18-4-3-5-23(18)33(30-25)14-24(34)31-8-6-17(7-9-31)19-10-21(28)22(29)11-20(19)27/h10-11,15-17H,3-9,12-14H2,1-2H3/t15-,16+. The number of nitrogens with zero attached hydrogens (tertiary/aromatic N) is 4. The number of ether oxygens (including phenoxy) is 1. The molecule has 2 fully saturated rings. The number of aromatic nitrogens is 2. The molecule has 2 saturated heterocycles. The summed E-state index contributed by atoms with van der Waals surface area (Å²) in [5.74, 6) is -3.54. The zero-order valence-corrected chi connectivity index (χ0v) is 20.6. The van der Waals surface area contributed by atoms with Gasteiger partial charge in [0, 0.05) is 43.5 Å². The van der Waals surface area contributed by atoms with Crippen molar-refractivity contribution in [2.75, 3.05) is 26.2 Å². The highest BCUT2D eigenvalue weighted by Gasteiger charge is 2.34. The smallest absolute Gasteiger partial charge is 0.274 e. The Balaban J connectivity index is 1.26. The minimum Gasteiger partial charge on any atom is -0.372 e. The maximum absolute atomic E-state index is 14.2. The van der Waals surface area contributed by atoms with Gasteiger partial charge in [0.2, 0.25) is 5.91 Å². The molecule has 0 unspecified atom stereocenters. The van der Waals surface area contributed by atoms with E-state index in [-0.39, 0.29) is 42.0 Å². The first kappa shape index (κ1) is 24.8. The van der Waals surface area contributed by atoms with E-state index in [0.717, 1.165) is 36.6 Å². The average molecular weight is 505 g/mol. The summed E-state index contributed by atoms with van der Waals surface area (Å²) in [5.41, 5.74) is 2.47. The quantitative estimate of drug-likeness (QED) is 0.599. The lowest BCUT2D eigenvalue weighted by Gasteiger charge is -2.35. The fraction of sp³-hybridized carbons (Fsp3) is 0.577. The molecule has 2 amide bonds. The Morgan fingerprint density at radius 1 is 0.972 bits per heavy atom. The summed E-state index contributed by atoms with van der Waals surface area (Å²) in [4.78, 5) is 29.9. The van der Waals surface area contributed by atoms with Gasteiger partial charge in [-0.05, 0) is 63.5 Å². The number of hydrogen-bond donors (Lipinski definition) is 0. The molecule has 10 heteroatoms. The SMILES string of the molecule is C[C@@H]1CN(C(=O)c2nn(CC(=O)N3CCC(c4cc(F)c(F)cc4F)CC3)c3c2CCC3)C[C@H](C)O1. The minimum atomic E-state index is -1.20. The van der Waals surface area contributed by atoms with E-state index in [1.54, 1.807) is 14.5 Å². The van der Waals surface area contributed by atoms with E-state index in [2.05, 4.69) is 5.10 Å². The number of fused-ring (bicyclic) bond motifs is 1. The fourth-order valence-corrected chi connectivity index (χ4v) is 5.82. The van der Waals surface area contributed by atoms with Crippen LogP contribution in [0.1, 0.15) is 66.3 Å². The fourth-order valence-electron chi connectivity index (χ4n) is 5.82. The number of halogens is 3. The Labute approximate surface area is 208 Å². The van der Waals surface area contributed by atoms with Crippen LogP contribution in [0.3, 0.4) is 0 Å². The highest BCUT2D eigenvalue weighted by Crippen LogP contribution is 2.32. The van der Waals surface area contributed by atoms with Crippen molar-refractivity contribution in [3.8, 4) is 0 Å². The molecule has 1 aromatic heterocycles. The predicted molar refractivity (Wildman–Crippen MR) is 125 cm³/mol. The third-order valence-corrected chi connectivity index (χ3v) is 7.53. The zero-order valence-electron chi connectivity index (χ0n) is 20.6. The lowest BCUT2D eigenvalue weighted by molar-refractivity contribution is -0.133. The number of morpholine rings is 1. The van der Waals surface area contributed by atoms with E-state index in [9.17, 15) is 22.8 Å². The second kappa shape index (κ2) is 9.88. The molecule has 3 aliphatic rings. The van der Waals surface area contributed by atoms with Gasteiger partial charge in [-0.25, -0.2) is 13.2 Å². The molecule has 0 bridgehead atoms. The van der Waals surface area contributed by atoms with E-state index >= 15 is 0 Å². The number of likely N-dealkylation sites (tertiary alicyclic amines) is 1. The Morgan fingerprint density at radius 2 is 1.64 bits per heavy atom. The van der Waals surface area contributed by atoms with Gasteiger partial charge in [-0.1, -0.05) is 0 Å². The van der Waals surface area contributed by atoms with Gasteiger partial charge in [-0.2, -0.15) is 5.10 Å². The Morgan fingerprint density at radius 3 is 2.33 bits per heavy atom. The summed E-state index contributed by atoms with van der Waals surface area (Å²) < 4.78 is 48.5. The number of carbonyl (C=O) groups is 2. The second-order valence-corrected chi connectivity index (χ2v) is 10.2. The molecule has 2 aliphatic heterocycles. The van der Waals surface area contributed by atoms with Gasteiger partial charge in [0.1, 0.15) is 12.4 Å². The van der Waals surface area contributed by atoms with Crippen LogP contribution in [-0.4, -0.2) is 69.8 Å². The number of rotatable bonds is 4. The molecular weight excluding hydrogens is 473 g/mol. The van der Waals surface area contributed by atoms with Crippen molar-refractivity contribution in [1.29, 1.82) is 0 Å². The van der Waals surface area contributed by atoms with Gasteiger partial charge in [-0.3, -0.25) is 14.3 Å². The van der Waals surface area contributed by atoms with Crippen molar-refractivity contribution in [3.05, 3.63) is 52.1 Å². The molecule has 0 N–H and O–H groups in total. The number of benzene rings is 1. The monoisotopic (exact) mass is 504 g/mol. The number of amides is 2. The molecule has 2 atom stereocenters. The highest BCUT2D eigenvalue weighted by molar-refractivity contribution is 5.94. The zero-order chi connectivity index (χ0) is 25.6. The van der Waals surface area contributed by atoms with Crippen LogP contribution in [0.15, 0.2) is 12.1 Å².